The first-order valence-corrected chi connectivity index (χ1v) is 6.60. The SMILES string of the molecule is CCOC(=O)[C@@H](C)N1C(=O)C(=O)c2cc(Br)ccc21. The third kappa shape index (κ3) is 2.28. The van der Waals surface area contributed by atoms with Gasteiger partial charge in [0.05, 0.1) is 17.9 Å². The molecule has 2 rings (SSSR count). The number of ketones is 1. The van der Waals surface area contributed by atoms with Crippen molar-refractivity contribution in [2.24, 2.45) is 0 Å². The van der Waals surface area contributed by atoms with Crippen molar-refractivity contribution in [3.05, 3.63) is 28.2 Å². The third-order valence-corrected chi connectivity index (χ3v) is 3.38. The highest BCUT2D eigenvalue weighted by atomic mass is 79.9. The number of halogens is 1. The Morgan fingerprint density at radius 3 is 2.74 bits per heavy atom. The van der Waals surface area contributed by atoms with Crippen molar-refractivity contribution >= 4 is 39.3 Å². The summed E-state index contributed by atoms with van der Waals surface area (Å²) in [5.41, 5.74) is 0.745. The minimum atomic E-state index is -0.821. The lowest BCUT2D eigenvalue weighted by atomic mass is 10.1. The van der Waals surface area contributed by atoms with Gasteiger partial charge in [-0.3, -0.25) is 14.5 Å². The van der Waals surface area contributed by atoms with E-state index in [1.807, 2.05) is 0 Å². The average molecular weight is 326 g/mol. The number of hydrogen-bond donors (Lipinski definition) is 0. The molecule has 1 atom stereocenters. The van der Waals surface area contributed by atoms with Crippen LogP contribution in [0.15, 0.2) is 22.7 Å². The number of ether oxygens (including phenoxy) is 1. The van der Waals surface area contributed by atoms with Crippen LogP contribution in [0.5, 0.6) is 0 Å². The van der Waals surface area contributed by atoms with E-state index >= 15 is 0 Å². The zero-order valence-corrected chi connectivity index (χ0v) is 12.1. The van der Waals surface area contributed by atoms with Crippen molar-refractivity contribution in [3.63, 3.8) is 0 Å². The van der Waals surface area contributed by atoms with E-state index in [4.69, 9.17) is 4.74 Å². The van der Waals surface area contributed by atoms with Crippen LogP contribution >= 0.6 is 15.9 Å². The van der Waals surface area contributed by atoms with Crippen LogP contribution in [0.1, 0.15) is 24.2 Å². The van der Waals surface area contributed by atoms with Gasteiger partial charge in [0.25, 0.3) is 11.7 Å². The van der Waals surface area contributed by atoms with E-state index in [1.165, 1.54) is 4.90 Å². The van der Waals surface area contributed by atoms with Crippen molar-refractivity contribution in [1.29, 1.82) is 0 Å². The molecule has 1 amide bonds. The Hall–Kier alpha value is -1.69. The lowest BCUT2D eigenvalue weighted by Gasteiger charge is -2.22. The number of benzene rings is 1. The minimum Gasteiger partial charge on any atom is -0.464 e. The molecule has 0 N–H and O–H groups in total. The number of amides is 1. The predicted octanol–water partition coefficient (Wildman–Crippen LogP) is 1.93. The van der Waals surface area contributed by atoms with Crippen LogP contribution in [0, 0.1) is 0 Å². The van der Waals surface area contributed by atoms with Crippen LogP contribution in [0.2, 0.25) is 0 Å². The van der Waals surface area contributed by atoms with Crippen molar-refractivity contribution in [2.75, 3.05) is 11.5 Å². The predicted molar refractivity (Wildman–Crippen MR) is 72.1 cm³/mol. The number of Topliss-reactive ketones (excluding diaryl/α,β-unsaturated/α-hetero) is 1. The monoisotopic (exact) mass is 325 g/mol. The molecular formula is C13H12BrNO4. The van der Waals surface area contributed by atoms with Gasteiger partial charge in [-0.15, -0.1) is 0 Å². The van der Waals surface area contributed by atoms with Crippen molar-refractivity contribution in [1.82, 2.24) is 0 Å². The van der Waals surface area contributed by atoms with Gasteiger partial charge in [0.2, 0.25) is 0 Å². The maximum absolute atomic E-state index is 12.0. The first-order chi connectivity index (χ1) is 8.97. The van der Waals surface area contributed by atoms with Crippen LogP contribution in [0.4, 0.5) is 5.69 Å². The summed E-state index contributed by atoms with van der Waals surface area (Å²) in [7, 11) is 0. The molecule has 0 bridgehead atoms. The van der Waals surface area contributed by atoms with Crippen molar-refractivity contribution in [2.45, 2.75) is 19.9 Å². The molecule has 1 aliphatic rings. The number of esters is 1. The first kappa shape index (κ1) is 13.7. The maximum Gasteiger partial charge on any atom is 0.328 e. The smallest absolute Gasteiger partial charge is 0.328 e. The lowest BCUT2D eigenvalue weighted by Crippen LogP contribution is -2.43. The Kier molecular flexibility index (Phi) is 3.71. The van der Waals surface area contributed by atoms with Gasteiger partial charge < -0.3 is 4.74 Å². The fraction of sp³-hybridized carbons (Fsp3) is 0.308. The summed E-state index contributed by atoms with van der Waals surface area (Å²) in [6.45, 7) is 3.46. The summed E-state index contributed by atoms with van der Waals surface area (Å²) in [6.07, 6.45) is 0. The number of anilines is 1. The van der Waals surface area contributed by atoms with Crippen LogP contribution in [0.25, 0.3) is 0 Å². The van der Waals surface area contributed by atoms with Gasteiger partial charge >= 0.3 is 5.97 Å². The van der Waals surface area contributed by atoms with Crippen LogP contribution in [0.3, 0.4) is 0 Å². The number of carbonyl (C=O) groups excluding carboxylic acids is 3. The highest BCUT2D eigenvalue weighted by Gasteiger charge is 2.41. The Balaban J connectivity index is 2.41. The van der Waals surface area contributed by atoms with E-state index in [2.05, 4.69) is 15.9 Å². The van der Waals surface area contributed by atoms with Gasteiger partial charge in [-0.25, -0.2) is 4.79 Å². The summed E-state index contributed by atoms with van der Waals surface area (Å²) in [5, 5.41) is 0. The van der Waals surface area contributed by atoms with Crippen molar-refractivity contribution in [3.8, 4) is 0 Å². The molecule has 0 unspecified atom stereocenters. The fourth-order valence-corrected chi connectivity index (χ4v) is 2.35. The molecule has 1 aliphatic heterocycles. The average Bonchev–Trinajstić information content (AvgIpc) is 2.62. The van der Waals surface area contributed by atoms with Gasteiger partial charge in [-0.05, 0) is 32.0 Å². The summed E-state index contributed by atoms with van der Waals surface area (Å²) in [4.78, 5) is 36.8. The normalized spacial score (nSPS) is 15.4. The number of hydrogen-bond acceptors (Lipinski definition) is 4. The molecule has 19 heavy (non-hydrogen) atoms. The summed E-state index contributed by atoms with van der Waals surface area (Å²) in [6, 6.07) is 4.11. The quantitative estimate of drug-likeness (QED) is 0.629. The van der Waals surface area contributed by atoms with E-state index in [0.717, 1.165) is 0 Å². The number of carbonyl (C=O) groups is 3. The summed E-state index contributed by atoms with van der Waals surface area (Å²) in [5.74, 6) is -1.83. The molecule has 0 aromatic heterocycles. The van der Waals surface area contributed by atoms with E-state index in [1.54, 1.807) is 32.0 Å². The molecule has 100 valence electrons. The Labute approximate surface area is 118 Å². The molecule has 0 spiro atoms. The molecule has 1 aromatic rings. The second-order valence-electron chi connectivity index (χ2n) is 4.09. The van der Waals surface area contributed by atoms with Gasteiger partial charge in [0.15, 0.2) is 0 Å². The first-order valence-electron chi connectivity index (χ1n) is 5.81. The zero-order valence-electron chi connectivity index (χ0n) is 10.5. The molecule has 6 heteroatoms. The third-order valence-electron chi connectivity index (χ3n) is 2.89. The van der Waals surface area contributed by atoms with Crippen LogP contribution < -0.4 is 4.90 Å². The highest BCUT2D eigenvalue weighted by molar-refractivity contribution is 9.10. The topological polar surface area (TPSA) is 63.7 Å². The van der Waals surface area contributed by atoms with Gasteiger partial charge in [-0.1, -0.05) is 15.9 Å². The van der Waals surface area contributed by atoms with Crippen LogP contribution in [-0.4, -0.2) is 30.3 Å². The second-order valence-corrected chi connectivity index (χ2v) is 5.01. The zero-order chi connectivity index (χ0) is 14.2. The standard InChI is InChI=1S/C13H12BrNO4/c1-3-19-13(18)7(2)15-10-5-4-8(14)6-9(10)11(16)12(15)17/h4-7H,3H2,1-2H3/t7-/m1/s1. The minimum absolute atomic E-state index is 0.229. The largest absolute Gasteiger partial charge is 0.464 e. The number of rotatable bonds is 3. The Bertz CT molecular complexity index is 570. The number of fused-ring (bicyclic) bond motifs is 1. The van der Waals surface area contributed by atoms with E-state index in [9.17, 15) is 14.4 Å². The Morgan fingerprint density at radius 1 is 1.42 bits per heavy atom. The molecule has 0 fully saturated rings. The van der Waals surface area contributed by atoms with Crippen molar-refractivity contribution < 1.29 is 19.1 Å². The Morgan fingerprint density at radius 2 is 2.11 bits per heavy atom. The van der Waals surface area contributed by atoms with Gasteiger partial charge in [0.1, 0.15) is 6.04 Å². The molecule has 1 aromatic carbocycles. The van der Waals surface area contributed by atoms with Crippen LogP contribution in [-0.2, 0) is 14.3 Å². The van der Waals surface area contributed by atoms with E-state index in [0.29, 0.717) is 15.7 Å². The molecular weight excluding hydrogens is 314 g/mol. The molecule has 0 aliphatic carbocycles. The fourth-order valence-electron chi connectivity index (χ4n) is 1.99. The summed E-state index contributed by atoms with van der Waals surface area (Å²) < 4.78 is 5.59. The number of nitrogens with zero attached hydrogens (tertiary/aromatic N) is 1. The maximum atomic E-state index is 12.0. The molecule has 0 saturated carbocycles. The van der Waals surface area contributed by atoms with E-state index < -0.39 is 23.7 Å². The van der Waals surface area contributed by atoms with Gasteiger partial charge in [-0.2, -0.15) is 0 Å². The lowest BCUT2D eigenvalue weighted by molar-refractivity contribution is -0.145. The molecule has 5 nitrogen and oxygen atoms in total. The second kappa shape index (κ2) is 5.13. The molecule has 1 heterocycles. The van der Waals surface area contributed by atoms with Gasteiger partial charge in [0, 0.05) is 4.47 Å². The van der Waals surface area contributed by atoms with E-state index in [-0.39, 0.29) is 6.61 Å². The molecule has 0 radical (unpaired) electrons. The molecule has 0 saturated heterocycles. The highest BCUT2D eigenvalue weighted by Crippen LogP contribution is 2.32. The summed E-state index contributed by atoms with van der Waals surface area (Å²) >= 11 is 3.25.